The molecule has 1 unspecified atom stereocenters. The van der Waals surface area contributed by atoms with Gasteiger partial charge in [-0.1, -0.05) is 60.7 Å². The number of fused-ring (bicyclic) bond motifs is 2. The van der Waals surface area contributed by atoms with Crippen molar-refractivity contribution in [2.75, 3.05) is 13.1 Å². The summed E-state index contributed by atoms with van der Waals surface area (Å²) in [6.07, 6.45) is 1.89. The highest BCUT2D eigenvalue weighted by Crippen LogP contribution is 2.43. The van der Waals surface area contributed by atoms with Crippen molar-refractivity contribution in [3.8, 4) is 11.1 Å². The second kappa shape index (κ2) is 6.67. The van der Waals surface area contributed by atoms with E-state index in [-0.39, 0.29) is 0 Å². The van der Waals surface area contributed by atoms with E-state index in [1.54, 1.807) is 0 Å². The maximum absolute atomic E-state index is 4.51. The number of hydrogen-bond acceptors (Lipinski definition) is 3. The van der Waals surface area contributed by atoms with Gasteiger partial charge in [-0.05, 0) is 28.8 Å². The Bertz CT molecular complexity index is 849. The van der Waals surface area contributed by atoms with Crippen molar-refractivity contribution in [3.63, 3.8) is 0 Å². The predicted octanol–water partition coefficient (Wildman–Crippen LogP) is 3.69. The smallest absolute Gasteiger partial charge is 0.0544 e. The first-order valence-corrected chi connectivity index (χ1v) is 9.42. The molecule has 3 nitrogen and oxygen atoms in total. The van der Waals surface area contributed by atoms with Gasteiger partial charge in [0, 0.05) is 43.8 Å². The first-order chi connectivity index (χ1) is 12.9. The van der Waals surface area contributed by atoms with E-state index >= 15 is 0 Å². The number of pyridine rings is 1. The standard InChI is InChI=1S/C23H23N3/c1-2-6-17(7-3-1)18-9-11-19(12-10-18)23-21-14-24-15-22(23)26(21)16-20-8-4-5-13-25-20/h1-13,21-24H,14-16H2/t21-,22+,23?. The van der Waals surface area contributed by atoms with Crippen LogP contribution in [0.5, 0.6) is 0 Å². The third kappa shape index (κ3) is 2.74. The van der Waals surface area contributed by atoms with Gasteiger partial charge in [0.05, 0.1) is 5.69 Å². The number of piperidine rings is 1. The molecule has 3 heteroatoms. The van der Waals surface area contributed by atoms with Gasteiger partial charge in [0.15, 0.2) is 0 Å². The van der Waals surface area contributed by atoms with Gasteiger partial charge in [-0.2, -0.15) is 0 Å². The first kappa shape index (κ1) is 15.7. The molecule has 0 amide bonds. The summed E-state index contributed by atoms with van der Waals surface area (Å²) in [5.41, 5.74) is 5.22. The zero-order valence-corrected chi connectivity index (χ0v) is 14.8. The molecular formula is C23H23N3. The van der Waals surface area contributed by atoms with Gasteiger partial charge in [-0.3, -0.25) is 9.88 Å². The quantitative estimate of drug-likeness (QED) is 0.784. The number of aromatic nitrogens is 1. The van der Waals surface area contributed by atoms with E-state index in [0.717, 1.165) is 19.6 Å². The van der Waals surface area contributed by atoms with Crippen LogP contribution in [0.3, 0.4) is 0 Å². The number of rotatable bonds is 4. The summed E-state index contributed by atoms with van der Waals surface area (Å²) in [6, 6.07) is 27.1. The predicted molar refractivity (Wildman–Crippen MR) is 105 cm³/mol. The lowest BCUT2D eigenvalue weighted by molar-refractivity contribution is -0.0491. The highest BCUT2D eigenvalue weighted by atomic mass is 15.3. The van der Waals surface area contributed by atoms with Crippen molar-refractivity contribution in [3.05, 3.63) is 90.3 Å². The molecule has 2 aliphatic heterocycles. The number of nitrogens with zero attached hydrogens (tertiary/aromatic N) is 2. The fraction of sp³-hybridized carbons (Fsp3) is 0.261. The summed E-state index contributed by atoms with van der Waals surface area (Å²) in [5, 5.41) is 3.57. The van der Waals surface area contributed by atoms with Crippen LogP contribution in [0, 0.1) is 0 Å². The molecule has 0 saturated carbocycles. The number of nitrogens with one attached hydrogen (secondary N) is 1. The largest absolute Gasteiger partial charge is 0.314 e. The minimum atomic E-state index is 0.568. The molecule has 2 aliphatic rings. The van der Waals surface area contributed by atoms with Crippen molar-refractivity contribution in [1.29, 1.82) is 0 Å². The lowest BCUT2D eigenvalue weighted by Gasteiger charge is -2.59. The Morgan fingerprint density at radius 2 is 1.50 bits per heavy atom. The zero-order chi connectivity index (χ0) is 17.3. The molecule has 0 radical (unpaired) electrons. The van der Waals surface area contributed by atoms with Gasteiger partial charge < -0.3 is 5.32 Å². The molecule has 1 aromatic heterocycles. The van der Waals surface area contributed by atoms with Crippen LogP contribution in [0.1, 0.15) is 17.2 Å². The van der Waals surface area contributed by atoms with Crippen LogP contribution in [-0.2, 0) is 6.54 Å². The highest BCUT2D eigenvalue weighted by molar-refractivity contribution is 5.63. The van der Waals surface area contributed by atoms with E-state index in [1.807, 2.05) is 12.3 Å². The van der Waals surface area contributed by atoms with Gasteiger partial charge >= 0.3 is 0 Å². The number of benzene rings is 2. The molecule has 26 heavy (non-hydrogen) atoms. The molecular weight excluding hydrogens is 318 g/mol. The highest BCUT2D eigenvalue weighted by Gasteiger charge is 2.51. The lowest BCUT2D eigenvalue weighted by Crippen LogP contribution is -2.72. The normalized spacial score (nSPS) is 24.8. The maximum Gasteiger partial charge on any atom is 0.0544 e. The van der Waals surface area contributed by atoms with E-state index in [0.29, 0.717) is 18.0 Å². The number of likely N-dealkylation sites (tertiary alicyclic amines) is 1. The molecule has 3 aromatic rings. The fourth-order valence-electron chi connectivity index (χ4n) is 4.57. The Morgan fingerprint density at radius 1 is 0.808 bits per heavy atom. The molecule has 2 saturated heterocycles. The van der Waals surface area contributed by atoms with Crippen LogP contribution >= 0.6 is 0 Å². The Hall–Kier alpha value is -2.49. The van der Waals surface area contributed by atoms with Crippen molar-refractivity contribution < 1.29 is 0 Å². The second-order valence-corrected chi connectivity index (χ2v) is 7.30. The van der Waals surface area contributed by atoms with Crippen LogP contribution in [0.25, 0.3) is 11.1 Å². The van der Waals surface area contributed by atoms with Crippen molar-refractivity contribution in [2.45, 2.75) is 24.5 Å². The molecule has 2 bridgehead atoms. The van der Waals surface area contributed by atoms with Gasteiger partial charge in [-0.15, -0.1) is 0 Å². The van der Waals surface area contributed by atoms with E-state index in [1.165, 1.54) is 22.4 Å². The average Bonchev–Trinajstić information content (AvgIpc) is 2.73. The van der Waals surface area contributed by atoms with Gasteiger partial charge in [0.2, 0.25) is 0 Å². The Labute approximate surface area is 154 Å². The van der Waals surface area contributed by atoms with Gasteiger partial charge in [0.25, 0.3) is 0 Å². The van der Waals surface area contributed by atoms with Crippen LogP contribution < -0.4 is 5.32 Å². The van der Waals surface area contributed by atoms with Crippen molar-refractivity contribution in [1.82, 2.24) is 15.2 Å². The number of piperazine rings is 1. The summed E-state index contributed by atoms with van der Waals surface area (Å²) in [7, 11) is 0. The van der Waals surface area contributed by atoms with Crippen LogP contribution in [-0.4, -0.2) is 35.1 Å². The first-order valence-electron chi connectivity index (χ1n) is 9.42. The molecule has 2 aromatic carbocycles. The zero-order valence-electron chi connectivity index (χ0n) is 14.8. The van der Waals surface area contributed by atoms with E-state index in [2.05, 4.69) is 81.9 Å². The minimum absolute atomic E-state index is 0.568. The van der Waals surface area contributed by atoms with Crippen molar-refractivity contribution in [2.24, 2.45) is 0 Å². The molecule has 3 atom stereocenters. The van der Waals surface area contributed by atoms with E-state index in [9.17, 15) is 0 Å². The Morgan fingerprint density at radius 3 is 2.19 bits per heavy atom. The Balaban J connectivity index is 1.35. The molecule has 130 valence electrons. The van der Waals surface area contributed by atoms with Crippen molar-refractivity contribution >= 4 is 0 Å². The third-order valence-corrected chi connectivity index (χ3v) is 5.86. The minimum Gasteiger partial charge on any atom is -0.314 e. The summed E-state index contributed by atoms with van der Waals surface area (Å²) in [4.78, 5) is 7.13. The molecule has 2 fully saturated rings. The molecule has 1 N–H and O–H groups in total. The average molecular weight is 341 g/mol. The third-order valence-electron chi connectivity index (χ3n) is 5.86. The van der Waals surface area contributed by atoms with Crippen LogP contribution in [0.15, 0.2) is 79.0 Å². The van der Waals surface area contributed by atoms with E-state index in [4.69, 9.17) is 0 Å². The topological polar surface area (TPSA) is 28.2 Å². The fourth-order valence-corrected chi connectivity index (χ4v) is 4.57. The SMILES string of the molecule is c1ccc(-c2ccc(C3[C@H]4CNC[C@@H]3N4Cc3ccccn3)cc2)cc1. The van der Waals surface area contributed by atoms with Gasteiger partial charge in [0.1, 0.15) is 0 Å². The lowest BCUT2D eigenvalue weighted by atomic mass is 9.72. The summed E-state index contributed by atoms with van der Waals surface area (Å²) < 4.78 is 0. The second-order valence-electron chi connectivity index (χ2n) is 7.30. The number of hydrogen-bond donors (Lipinski definition) is 1. The van der Waals surface area contributed by atoms with Crippen LogP contribution in [0.4, 0.5) is 0 Å². The van der Waals surface area contributed by atoms with Crippen LogP contribution in [0.2, 0.25) is 0 Å². The monoisotopic (exact) mass is 341 g/mol. The maximum atomic E-state index is 4.51. The molecule has 3 heterocycles. The summed E-state index contributed by atoms with van der Waals surface area (Å²) in [5.74, 6) is 0.629. The summed E-state index contributed by atoms with van der Waals surface area (Å²) in [6.45, 7) is 3.08. The van der Waals surface area contributed by atoms with E-state index < -0.39 is 0 Å². The molecule has 5 rings (SSSR count). The molecule has 0 spiro atoms. The molecule has 0 aliphatic carbocycles. The van der Waals surface area contributed by atoms with Gasteiger partial charge in [-0.25, -0.2) is 0 Å². The Kier molecular flexibility index (Phi) is 4.04. The summed E-state index contributed by atoms with van der Waals surface area (Å²) >= 11 is 0.